The smallest absolute Gasteiger partial charge is 0.122 e. The van der Waals surface area contributed by atoms with E-state index in [1.54, 1.807) is 11.3 Å². The first kappa shape index (κ1) is 10.2. The molecule has 0 aliphatic carbocycles. The number of aryl methyl sites for hydroxylation is 1. The molecular formula is C11H15NS. The zero-order chi connectivity index (χ0) is 9.68. The Bertz CT molecular complexity index is 310. The zero-order valence-corrected chi connectivity index (χ0v) is 9.03. The molecule has 0 fully saturated rings. The lowest BCUT2D eigenvalue weighted by molar-refractivity contribution is 1.06. The van der Waals surface area contributed by atoms with Crippen molar-refractivity contribution >= 4 is 16.9 Å². The maximum Gasteiger partial charge on any atom is 0.122 e. The van der Waals surface area contributed by atoms with Gasteiger partial charge in [-0.3, -0.25) is 0 Å². The van der Waals surface area contributed by atoms with Gasteiger partial charge in [0.15, 0.2) is 0 Å². The molecule has 1 aromatic heterocycles. The van der Waals surface area contributed by atoms with Crippen molar-refractivity contribution in [1.29, 1.82) is 0 Å². The van der Waals surface area contributed by atoms with E-state index < -0.39 is 0 Å². The van der Waals surface area contributed by atoms with E-state index in [9.17, 15) is 0 Å². The molecule has 0 saturated heterocycles. The second-order valence-electron chi connectivity index (χ2n) is 2.83. The second kappa shape index (κ2) is 4.97. The van der Waals surface area contributed by atoms with Crippen LogP contribution >= 0.6 is 11.3 Å². The molecule has 0 aliphatic rings. The van der Waals surface area contributed by atoms with Crippen LogP contribution in [0.3, 0.4) is 0 Å². The number of hydrogen-bond acceptors (Lipinski definition) is 2. The Balaban J connectivity index is 2.71. The predicted molar refractivity (Wildman–Crippen MR) is 60.0 cm³/mol. The zero-order valence-electron chi connectivity index (χ0n) is 8.21. The maximum absolute atomic E-state index is 4.45. The Morgan fingerprint density at radius 2 is 2.38 bits per heavy atom. The maximum atomic E-state index is 4.45. The van der Waals surface area contributed by atoms with Gasteiger partial charge in [-0.05, 0) is 12.8 Å². The second-order valence-corrected chi connectivity index (χ2v) is 3.69. The Morgan fingerprint density at radius 3 is 2.92 bits per heavy atom. The summed E-state index contributed by atoms with van der Waals surface area (Å²) in [5, 5.41) is 3.14. The monoisotopic (exact) mass is 193 g/mol. The standard InChI is InChI=1S/C11H15NS/c1-4-6-7-9(3)11-12-10(5-2)8-13-11/h6-8H,3-5H2,1-2H3. The molecule has 0 aliphatic heterocycles. The van der Waals surface area contributed by atoms with Gasteiger partial charge in [0.25, 0.3) is 0 Å². The first-order valence-corrected chi connectivity index (χ1v) is 5.46. The molecule has 0 saturated carbocycles. The summed E-state index contributed by atoms with van der Waals surface area (Å²) < 4.78 is 0. The Morgan fingerprint density at radius 1 is 1.62 bits per heavy atom. The largest absolute Gasteiger partial charge is 0.241 e. The van der Waals surface area contributed by atoms with Crippen LogP contribution in [-0.2, 0) is 6.42 Å². The number of nitrogens with zero attached hydrogens (tertiary/aromatic N) is 1. The summed E-state index contributed by atoms with van der Waals surface area (Å²) in [5.41, 5.74) is 2.18. The van der Waals surface area contributed by atoms with Crippen molar-refractivity contribution in [3.8, 4) is 0 Å². The van der Waals surface area contributed by atoms with E-state index in [0.717, 1.165) is 29.1 Å². The summed E-state index contributed by atoms with van der Waals surface area (Å²) in [6.07, 6.45) is 6.19. The lowest BCUT2D eigenvalue weighted by Crippen LogP contribution is -1.81. The van der Waals surface area contributed by atoms with E-state index in [0.29, 0.717) is 0 Å². The van der Waals surface area contributed by atoms with Gasteiger partial charge in [-0.2, -0.15) is 0 Å². The molecule has 70 valence electrons. The summed E-state index contributed by atoms with van der Waals surface area (Å²) in [6.45, 7) is 8.20. The summed E-state index contributed by atoms with van der Waals surface area (Å²) >= 11 is 1.67. The topological polar surface area (TPSA) is 12.9 Å². The van der Waals surface area contributed by atoms with Gasteiger partial charge in [0, 0.05) is 11.0 Å². The normalized spacial score (nSPS) is 10.9. The highest BCUT2D eigenvalue weighted by Gasteiger charge is 2.00. The van der Waals surface area contributed by atoms with Crippen molar-refractivity contribution in [3.05, 3.63) is 34.8 Å². The number of thiazole rings is 1. The minimum absolute atomic E-state index is 1.00. The van der Waals surface area contributed by atoms with Gasteiger partial charge in [-0.15, -0.1) is 11.3 Å². The average Bonchev–Trinajstić information content (AvgIpc) is 2.62. The molecule has 0 bridgehead atoms. The van der Waals surface area contributed by atoms with E-state index in [-0.39, 0.29) is 0 Å². The number of rotatable bonds is 4. The molecule has 0 spiro atoms. The van der Waals surface area contributed by atoms with Crippen LogP contribution in [-0.4, -0.2) is 4.98 Å². The minimum atomic E-state index is 1.00. The lowest BCUT2D eigenvalue weighted by Gasteiger charge is -1.91. The Labute approximate surface area is 83.8 Å². The van der Waals surface area contributed by atoms with Crippen LogP contribution in [0, 0.1) is 0 Å². The van der Waals surface area contributed by atoms with Crippen molar-refractivity contribution in [3.63, 3.8) is 0 Å². The summed E-state index contributed by atoms with van der Waals surface area (Å²) in [5.74, 6) is 0. The van der Waals surface area contributed by atoms with Crippen LogP contribution in [0.5, 0.6) is 0 Å². The van der Waals surface area contributed by atoms with Crippen molar-refractivity contribution < 1.29 is 0 Å². The third-order valence-electron chi connectivity index (χ3n) is 1.74. The van der Waals surface area contributed by atoms with Crippen LogP contribution in [0.1, 0.15) is 31.0 Å². The van der Waals surface area contributed by atoms with Crippen molar-refractivity contribution in [2.45, 2.75) is 26.7 Å². The predicted octanol–water partition coefficient (Wildman–Crippen LogP) is 3.68. The fourth-order valence-electron chi connectivity index (χ4n) is 0.948. The summed E-state index contributed by atoms with van der Waals surface area (Å²) in [7, 11) is 0. The van der Waals surface area contributed by atoms with Gasteiger partial charge in [0.05, 0.1) is 5.69 Å². The van der Waals surface area contributed by atoms with E-state index >= 15 is 0 Å². The third-order valence-corrected chi connectivity index (χ3v) is 2.71. The van der Waals surface area contributed by atoms with Crippen molar-refractivity contribution in [2.24, 2.45) is 0 Å². The van der Waals surface area contributed by atoms with Gasteiger partial charge < -0.3 is 0 Å². The van der Waals surface area contributed by atoms with Crippen LogP contribution < -0.4 is 0 Å². The highest BCUT2D eigenvalue weighted by atomic mass is 32.1. The molecule has 0 unspecified atom stereocenters. The molecule has 0 N–H and O–H groups in total. The first-order valence-electron chi connectivity index (χ1n) is 4.58. The number of hydrogen-bond donors (Lipinski definition) is 0. The van der Waals surface area contributed by atoms with E-state index in [2.05, 4.69) is 36.9 Å². The third kappa shape index (κ3) is 2.81. The Hall–Kier alpha value is -0.890. The SMILES string of the molecule is C=C(C=CCC)c1nc(CC)cs1. The van der Waals surface area contributed by atoms with Crippen LogP contribution in [0.25, 0.3) is 5.57 Å². The van der Waals surface area contributed by atoms with E-state index in [4.69, 9.17) is 0 Å². The number of aromatic nitrogens is 1. The van der Waals surface area contributed by atoms with Crippen molar-refractivity contribution in [1.82, 2.24) is 4.98 Å². The van der Waals surface area contributed by atoms with Crippen LogP contribution in [0.4, 0.5) is 0 Å². The first-order chi connectivity index (χ1) is 6.27. The molecule has 1 aromatic rings. The molecule has 0 aromatic carbocycles. The molecule has 13 heavy (non-hydrogen) atoms. The number of allylic oxidation sites excluding steroid dienone is 3. The molecule has 0 radical (unpaired) electrons. The minimum Gasteiger partial charge on any atom is -0.241 e. The highest BCUT2D eigenvalue weighted by Crippen LogP contribution is 2.19. The lowest BCUT2D eigenvalue weighted by atomic mass is 10.2. The molecule has 0 atom stereocenters. The van der Waals surface area contributed by atoms with E-state index in [1.165, 1.54) is 0 Å². The average molecular weight is 193 g/mol. The molecule has 2 heteroatoms. The molecule has 1 nitrogen and oxygen atoms in total. The van der Waals surface area contributed by atoms with Gasteiger partial charge >= 0.3 is 0 Å². The van der Waals surface area contributed by atoms with Crippen LogP contribution in [0.2, 0.25) is 0 Å². The highest BCUT2D eigenvalue weighted by molar-refractivity contribution is 7.10. The Kier molecular flexibility index (Phi) is 3.90. The van der Waals surface area contributed by atoms with Gasteiger partial charge in [0.2, 0.25) is 0 Å². The summed E-state index contributed by atoms with van der Waals surface area (Å²) in [4.78, 5) is 4.45. The quantitative estimate of drug-likeness (QED) is 0.665. The fourth-order valence-corrected chi connectivity index (χ4v) is 1.80. The van der Waals surface area contributed by atoms with Gasteiger partial charge in [0.1, 0.15) is 5.01 Å². The molecule has 1 rings (SSSR count). The molecular weight excluding hydrogens is 178 g/mol. The fraction of sp³-hybridized carbons (Fsp3) is 0.364. The van der Waals surface area contributed by atoms with Crippen LogP contribution in [0.15, 0.2) is 24.1 Å². The molecule has 0 amide bonds. The van der Waals surface area contributed by atoms with E-state index in [1.807, 2.05) is 6.08 Å². The van der Waals surface area contributed by atoms with Gasteiger partial charge in [-0.25, -0.2) is 4.98 Å². The summed E-state index contributed by atoms with van der Waals surface area (Å²) in [6, 6.07) is 0. The van der Waals surface area contributed by atoms with Gasteiger partial charge in [-0.1, -0.05) is 32.6 Å². The van der Waals surface area contributed by atoms with Crippen molar-refractivity contribution in [2.75, 3.05) is 0 Å². The molecule has 1 heterocycles.